The zero-order valence-electron chi connectivity index (χ0n) is 13.9. The predicted octanol–water partition coefficient (Wildman–Crippen LogP) is 3.12. The largest absolute Gasteiger partial charge is 0.380 e. The molecule has 0 unspecified atom stereocenters. The van der Waals surface area contributed by atoms with Gasteiger partial charge >= 0.3 is 0 Å². The quantitative estimate of drug-likeness (QED) is 0.849. The summed E-state index contributed by atoms with van der Waals surface area (Å²) >= 11 is 0. The second kappa shape index (κ2) is 6.81. The van der Waals surface area contributed by atoms with Gasteiger partial charge in [0.1, 0.15) is 11.6 Å². The van der Waals surface area contributed by atoms with Gasteiger partial charge in [-0.05, 0) is 37.1 Å². The molecule has 5 heteroatoms. The van der Waals surface area contributed by atoms with E-state index in [-0.39, 0.29) is 11.9 Å². The molecule has 0 spiro atoms. The van der Waals surface area contributed by atoms with Gasteiger partial charge in [-0.2, -0.15) is 0 Å². The molecule has 1 aromatic carbocycles. The molecule has 2 aromatic rings. The van der Waals surface area contributed by atoms with Crippen LogP contribution >= 0.6 is 0 Å². The van der Waals surface area contributed by atoms with E-state index in [0.29, 0.717) is 5.92 Å². The van der Waals surface area contributed by atoms with E-state index in [1.807, 2.05) is 26.0 Å². The molecule has 2 heterocycles. The highest BCUT2D eigenvalue weighted by Gasteiger charge is 2.33. The van der Waals surface area contributed by atoms with E-state index in [0.717, 1.165) is 48.6 Å². The predicted molar refractivity (Wildman–Crippen MR) is 85.6 cm³/mol. The average Bonchev–Trinajstić information content (AvgIpc) is 3.09. The lowest BCUT2D eigenvalue weighted by Gasteiger charge is -2.17. The maximum absolute atomic E-state index is 13.5. The summed E-state index contributed by atoms with van der Waals surface area (Å²) in [6.07, 6.45) is 0.979. The molecule has 1 aromatic heterocycles. The summed E-state index contributed by atoms with van der Waals surface area (Å²) < 4.78 is 24.4. The number of methoxy groups -OCH3 is 1. The summed E-state index contributed by atoms with van der Waals surface area (Å²) in [5.74, 6) is 1.08. The molecular weight excluding hydrogens is 295 g/mol. The second-order valence-corrected chi connectivity index (χ2v) is 6.44. The summed E-state index contributed by atoms with van der Waals surface area (Å²) in [5, 5.41) is 3.95. The fourth-order valence-corrected chi connectivity index (χ4v) is 3.34. The van der Waals surface area contributed by atoms with Crippen LogP contribution in [0.2, 0.25) is 0 Å². The molecule has 0 radical (unpaired) electrons. The molecule has 2 atom stereocenters. The van der Waals surface area contributed by atoms with Gasteiger partial charge < -0.3 is 9.26 Å². The van der Waals surface area contributed by atoms with Gasteiger partial charge in [0, 0.05) is 45.1 Å². The van der Waals surface area contributed by atoms with Gasteiger partial charge in [0.2, 0.25) is 0 Å². The van der Waals surface area contributed by atoms with Gasteiger partial charge in [-0.25, -0.2) is 4.39 Å². The lowest BCUT2D eigenvalue weighted by molar-refractivity contribution is 0.0761. The Hall–Kier alpha value is -1.72. The number of aromatic nitrogens is 1. The Kier molecular flexibility index (Phi) is 4.78. The Balaban J connectivity index is 1.67. The molecule has 0 N–H and O–H groups in total. The Labute approximate surface area is 136 Å². The number of rotatable bonds is 5. The number of hydrogen-bond donors (Lipinski definition) is 0. The highest BCUT2D eigenvalue weighted by atomic mass is 19.1. The van der Waals surface area contributed by atoms with E-state index in [2.05, 4.69) is 10.1 Å². The maximum Gasteiger partial charge on any atom is 0.137 e. The minimum atomic E-state index is -0.179. The Morgan fingerprint density at radius 3 is 2.83 bits per heavy atom. The van der Waals surface area contributed by atoms with Crippen LogP contribution in [-0.4, -0.2) is 36.4 Å². The van der Waals surface area contributed by atoms with Gasteiger partial charge in [-0.1, -0.05) is 11.2 Å². The summed E-state index contributed by atoms with van der Waals surface area (Å²) in [5.41, 5.74) is 3.06. The first-order chi connectivity index (χ1) is 11.0. The van der Waals surface area contributed by atoms with Crippen molar-refractivity contribution >= 4 is 0 Å². The van der Waals surface area contributed by atoms with Crippen LogP contribution in [-0.2, 0) is 17.7 Å². The SMILES string of the molecule is CO[C@H]1CN(Cc2cc(F)ccc2C)C[C@H]1Cc1cc(C)no1. The summed E-state index contributed by atoms with van der Waals surface area (Å²) in [7, 11) is 1.75. The van der Waals surface area contributed by atoms with Gasteiger partial charge in [0.15, 0.2) is 0 Å². The molecule has 0 amide bonds. The monoisotopic (exact) mass is 318 g/mol. The molecular formula is C18H23FN2O2. The van der Waals surface area contributed by atoms with Crippen molar-refractivity contribution in [3.63, 3.8) is 0 Å². The van der Waals surface area contributed by atoms with Gasteiger partial charge in [-0.15, -0.1) is 0 Å². The van der Waals surface area contributed by atoms with E-state index >= 15 is 0 Å². The van der Waals surface area contributed by atoms with Crippen LogP contribution in [0.25, 0.3) is 0 Å². The Morgan fingerprint density at radius 2 is 2.13 bits per heavy atom. The standard InChI is InChI=1S/C18H23FN2O2/c1-12-4-5-16(19)7-14(12)9-21-10-15(18(11-21)22-3)8-17-6-13(2)20-23-17/h4-7,15,18H,8-11H2,1-3H3/t15-,18+/m1/s1. The smallest absolute Gasteiger partial charge is 0.137 e. The maximum atomic E-state index is 13.5. The van der Waals surface area contributed by atoms with Gasteiger partial charge in [0.25, 0.3) is 0 Å². The minimum absolute atomic E-state index is 0.161. The third kappa shape index (κ3) is 3.79. The number of halogens is 1. The number of likely N-dealkylation sites (tertiary alicyclic amines) is 1. The number of ether oxygens (including phenoxy) is 1. The van der Waals surface area contributed by atoms with Crippen molar-refractivity contribution in [3.8, 4) is 0 Å². The van der Waals surface area contributed by atoms with Crippen molar-refractivity contribution in [2.75, 3.05) is 20.2 Å². The van der Waals surface area contributed by atoms with Crippen LogP contribution < -0.4 is 0 Å². The summed E-state index contributed by atoms with van der Waals surface area (Å²) in [6, 6.07) is 6.95. The van der Waals surface area contributed by atoms with Crippen LogP contribution in [0.1, 0.15) is 22.6 Å². The lowest BCUT2D eigenvalue weighted by Crippen LogP contribution is -2.23. The van der Waals surface area contributed by atoms with Crippen LogP contribution in [0.5, 0.6) is 0 Å². The van der Waals surface area contributed by atoms with Crippen molar-refractivity contribution in [2.24, 2.45) is 5.92 Å². The summed E-state index contributed by atoms with van der Waals surface area (Å²) in [4.78, 5) is 2.32. The number of hydrogen-bond acceptors (Lipinski definition) is 4. The Bertz CT molecular complexity index is 671. The third-order valence-corrected chi connectivity index (χ3v) is 4.60. The third-order valence-electron chi connectivity index (χ3n) is 4.60. The molecule has 1 aliphatic heterocycles. The summed E-state index contributed by atoms with van der Waals surface area (Å²) in [6.45, 7) is 6.45. The molecule has 0 bridgehead atoms. The highest BCUT2D eigenvalue weighted by molar-refractivity contribution is 5.26. The van der Waals surface area contributed by atoms with E-state index in [1.165, 1.54) is 6.07 Å². The van der Waals surface area contributed by atoms with E-state index in [9.17, 15) is 4.39 Å². The number of aryl methyl sites for hydroxylation is 2. The van der Waals surface area contributed by atoms with Crippen molar-refractivity contribution in [2.45, 2.75) is 32.9 Å². The topological polar surface area (TPSA) is 38.5 Å². The Morgan fingerprint density at radius 1 is 1.30 bits per heavy atom. The molecule has 1 fully saturated rings. The molecule has 23 heavy (non-hydrogen) atoms. The average molecular weight is 318 g/mol. The number of nitrogens with zero attached hydrogens (tertiary/aromatic N) is 2. The normalized spacial score (nSPS) is 21.9. The van der Waals surface area contributed by atoms with Crippen LogP contribution in [0.4, 0.5) is 4.39 Å². The van der Waals surface area contributed by atoms with Crippen LogP contribution in [0.3, 0.4) is 0 Å². The zero-order chi connectivity index (χ0) is 16.4. The molecule has 124 valence electrons. The molecule has 1 saturated heterocycles. The number of benzene rings is 1. The molecule has 3 rings (SSSR count). The molecule has 0 aliphatic carbocycles. The van der Waals surface area contributed by atoms with E-state index in [1.54, 1.807) is 13.2 Å². The van der Waals surface area contributed by atoms with E-state index < -0.39 is 0 Å². The van der Waals surface area contributed by atoms with Crippen LogP contribution in [0, 0.1) is 25.6 Å². The highest BCUT2D eigenvalue weighted by Crippen LogP contribution is 2.26. The van der Waals surface area contributed by atoms with Gasteiger partial charge in [-0.3, -0.25) is 4.90 Å². The first-order valence-electron chi connectivity index (χ1n) is 7.97. The van der Waals surface area contributed by atoms with E-state index in [4.69, 9.17) is 9.26 Å². The molecule has 4 nitrogen and oxygen atoms in total. The van der Waals surface area contributed by atoms with Crippen molar-refractivity contribution in [3.05, 3.63) is 52.7 Å². The molecule has 1 aliphatic rings. The second-order valence-electron chi connectivity index (χ2n) is 6.44. The first-order valence-corrected chi connectivity index (χ1v) is 7.97. The fraction of sp³-hybridized carbons (Fsp3) is 0.500. The van der Waals surface area contributed by atoms with Gasteiger partial charge in [0.05, 0.1) is 11.8 Å². The minimum Gasteiger partial charge on any atom is -0.380 e. The lowest BCUT2D eigenvalue weighted by atomic mass is 10.0. The van der Waals surface area contributed by atoms with Crippen molar-refractivity contribution < 1.29 is 13.7 Å². The fourth-order valence-electron chi connectivity index (χ4n) is 3.34. The zero-order valence-corrected chi connectivity index (χ0v) is 13.9. The van der Waals surface area contributed by atoms with Crippen molar-refractivity contribution in [1.29, 1.82) is 0 Å². The first kappa shape index (κ1) is 16.1. The molecule has 0 saturated carbocycles. The van der Waals surface area contributed by atoms with Crippen molar-refractivity contribution in [1.82, 2.24) is 10.1 Å². The van der Waals surface area contributed by atoms with Crippen LogP contribution in [0.15, 0.2) is 28.8 Å².